The lowest BCUT2D eigenvalue weighted by Crippen LogP contribution is -2.42. The molecule has 2 unspecified atom stereocenters. The van der Waals surface area contributed by atoms with E-state index in [1.54, 1.807) is 0 Å². The normalized spacial score (nSPS) is 28.0. The second-order valence-corrected chi connectivity index (χ2v) is 7.95. The number of thioether (sulfide) groups is 1. The molecule has 1 saturated heterocycles. The lowest BCUT2D eigenvalue weighted by molar-refractivity contribution is 0.214. The molecule has 0 radical (unpaired) electrons. The molecule has 2 N–H and O–H groups in total. The van der Waals surface area contributed by atoms with E-state index < -0.39 is 0 Å². The molecule has 0 aromatic heterocycles. The number of hydrogen-bond donors (Lipinski definition) is 2. The summed E-state index contributed by atoms with van der Waals surface area (Å²) in [7, 11) is 2.23. The van der Waals surface area contributed by atoms with E-state index >= 15 is 0 Å². The maximum Gasteiger partial charge on any atom is 0.191 e. The molecule has 22 heavy (non-hydrogen) atoms. The highest BCUT2D eigenvalue weighted by atomic mass is 32.2. The summed E-state index contributed by atoms with van der Waals surface area (Å²) in [6.07, 6.45) is 10.1. The van der Waals surface area contributed by atoms with Gasteiger partial charge >= 0.3 is 0 Å². The summed E-state index contributed by atoms with van der Waals surface area (Å²) in [6.45, 7) is 6.56. The Kier molecular flexibility index (Phi) is 7.87. The molecule has 4 nitrogen and oxygen atoms in total. The quantitative estimate of drug-likeness (QED) is 0.581. The fraction of sp³-hybridized carbons (Fsp3) is 0.941. The number of hydrogen-bond acceptors (Lipinski definition) is 3. The van der Waals surface area contributed by atoms with Crippen molar-refractivity contribution in [3.63, 3.8) is 0 Å². The van der Waals surface area contributed by atoms with Crippen molar-refractivity contribution in [1.82, 2.24) is 15.5 Å². The summed E-state index contributed by atoms with van der Waals surface area (Å²) in [5.41, 5.74) is 0. The highest BCUT2D eigenvalue weighted by Crippen LogP contribution is 2.28. The van der Waals surface area contributed by atoms with Crippen LogP contribution >= 0.6 is 11.8 Å². The molecule has 1 aliphatic carbocycles. The molecule has 0 bridgehead atoms. The number of nitrogens with one attached hydrogen (secondary N) is 2. The lowest BCUT2D eigenvalue weighted by Gasteiger charge is -2.28. The number of guanidine groups is 1. The Morgan fingerprint density at radius 3 is 2.64 bits per heavy atom. The third-order valence-electron chi connectivity index (χ3n) is 5.05. The van der Waals surface area contributed by atoms with Crippen LogP contribution in [0.25, 0.3) is 0 Å². The van der Waals surface area contributed by atoms with Crippen molar-refractivity contribution in [2.75, 3.05) is 39.5 Å². The number of rotatable bonds is 6. The minimum Gasteiger partial charge on any atom is -0.357 e. The van der Waals surface area contributed by atoms with Crippen molar-refractivity contribution in [2.45, 2.75) is 56.7 Å². The summed E-state index contributed by atoms with van der Waals surface area (Å²) < 4.78 is 0. The molecule has 1 saturated carbocycles. The highest BCUT2D eigenvalue weighted by Gasteiger charge is 2.24. The zero-order chi connectivity index (χ0) is 15.8. The van der Waals surface area contributed by atoms with Crippen LogP contribution in [0.5, 0.6) is 0 Å². The maximum absolute atomic E-state index is 4.81. The Morgan fingerprint density at radius 1 is 1.23 bits per heavy atom. The SMILES string of the molecule is CCNC(=NCCC1CCN(C)CC1)NC1CCC(SC)C1. The maximum atomic E-state index is 4.81. The predicted molar refractivity (Wildman–Crippen MR) is 98.9 cm³/mol. The molecule has 1 aliphatic heterocycles. The molecule has 2 rings (SSSR count). The Labute approximate surface area is 140 Å². The van der Waals surface area contributed by atoms with Gasteiger partial charge in [-0.2, -0.15) is 11.8 Å². The van der Waals surface area contributed by atoms with Gasteiger partial charge in [0.25, 0.3) is 0 Å². The van der Waals surface area contributed by atoms with Gasteiger partial charge in [0.1, 0.15) is 0 Å². The number of piperidine rings is 1. The molecule has 2 aliphatic rings. The first kappa shape index (κ1) is 17.9. The van der Waals surface area contributed by atoms with Gasteiger partial charge in [0.2, 0.25) is 0 Å². The number of aliphatic imine (C=N–C) groups is 1. The van der Waals surface area contributed by atoms with Crippen molar-refractivity contribution in [1.29, 1.82) is 0 Å². The molecular formula is C17H34N4S. The number of likely N-dealkylation sites (tertiary alicyclic amines) is 1. The van der Waals surface area contributed by atoms with Crippen LogP contribution in [-0.2, 0) is 0 Å². The van der Waals surface area contributed by atoms with E-state index in [-0.39, 0.29) is 0 Å². The fourth-order valence-corrected chi connectivity index (χ4v) is 4.30. The first-order valence-corrected chi connectivity index (χ1v) is 10.3. The van der Waals surface area contributed by atoms with Crippen LogP contribution in [0.1, 0.15) is 45.4 Å². The number of nitrogens with zero attached hydrogens (tertiary/aromatic N) is 2. The van der Waals surface area contributed by atoms with Crippen LogP contribution in [0.15, 0.2) is 4.99 Å². The minimum atomic E-state index is 0.610. The van der Waals surface area contributed by atoms with Gasteiger partial charge in [0, 0.05) is 24.4 Å². The molecule has 5 heteroatoms. The third kappa shape index (κ3) is 5.99. The second-order valence-electron chi connectivity index (χ2n) is 6.81. The third-order valence-corrected chi connectivity index (χ3v) is 6.14. The van der Waals surface area contributed by atoms with Crippen LogP contribution in [0.2, 0.25) is 0 Å². The predicted octanol–water partition coefficient (Wildman–Crippen LogP) is 2.56. The van der Waals surface area contributed by atoms with Crippen molar-refractivity contribution < 1.29 is 0 Å². The average Bonchev–Trinajstić information content (AvgIpc) is 2.97. The van der Waals surface area contributed by atoms with E-state index in [0.717, 1.165) is 30.2 Å². The van der Waals surface area contributed by atoms with Gasteiger partial charge in [-0.25, -0.2) is 0 Å². The monoisotopic (exact) mass is 326 g/mol. The summed E-state index contributed by atoms with van der Waals surface area (Å²) in [5, 5.41) is 7.89. The van der Waals surface area contributed by atoms with Crippen molar-refractivity contribution in [2.24, 2.45) is 10.9 Å². The summed E-state index contributed by atoms with van der Waals surface area (Å²) in [6, 6.07) is 0.610. The Morgan fingerprint density at radius 2 is 2.00 bits per heavy atom. The molecule has 0 amide bonds. The van der Waals surface area contributed by atoms with Crippen LogP contribution in [0.3, 0.4) is 0 Å². The molecule has 128 valence electrons. The zero-order valence-electron chi connectivity index (χ0n) is 14.6. The molecule has 0 spiro atoms. The van der Waals surface area contributed by atoms with E-state index in [2.05, 4.69) is 35.8 Å². The summed E-state index contributed by atoms with van der Waals surface area (Å²) in [5.74, 6) is 1.90. The van der Waals surface area contributed by atoms with Gasteiger partial charge < -0.3 is 15.5 Å². The summed E-state index contributed by atoms with van der Waals surface area (Å²) in [4.78, 5) is 7.25. The van der Waals surface area contributed by atoms with E-state index in [1.807, 2.05) is 11.8 Å². The van der Waals surface area contributed by atoms with Crippen molar-refractivity contribution in [3.8, 4) is 0 Å². The van der Waals surface area contributed by atoms with Gasteiger partial charge in [-0.1, -0.05) is 0 Å². The first-order valence-electron chi connectivity index (χ1n) is 8.97. The smallest absolute Gasteiger partial charge is 0.191 e. The topological polar surface area (TPSA) is 39.7 Å². The van der Waals surface area contributed by atoms with Gasteiger partial charge in [-0.3, -0.25) is 4.99 Å². The minimum absolute atomic E-state index is 0.610. The standard InChI is InChI=1S/C17H34N4S/c1-4-18-17(20-15-5-6-16(13-15)22-3)19-10-7-14-8-11-21(2)12-9-14/h14-16H,4-13H2,1-3H3,(H2,18,19,20). The van der Waals surface area contributed by atoms with E-state index in [9.17, 15) is 0 Å². The van der Waals surface area contributed by atoms with Crippen LogP contribution < -0.4 is 10.6 Å². The van der Waals surface area contributed by atoms with Gasteiger partial charge in [0.05, 0.1) is 0 Å². The Hall–Kier alpha value is -0.420. The van der Waals surface area contributed by atoms with Gasteiger partial charge in [-0.05, 0) is 77.8 Å². The molecule has 2 fully saturated rings. The van der Waals surface area contributed by atoms with E-state index in [4.69, 9.17) is 4.99 Å². The van der Waals surface area contributed by atoms with E-state index in [1.165, 1.54) is 51.6 Å². The van der Waals surface area contributed by atoms with E-state index in [0.29, 0.717) is 6.04 Å². The van der Waals surface area contributed by atoms with Crippen LogP contribution in [0, 0.1) is 5.92 Å². The lowest BCUT2D eigenvalue weighted by atomic mass is 9.94. The second kappa shape index (κ2) is 9.66. The van der Waals surface area contributed by atoms with Crippen molar-refractivity contribution in [3.05, 3.63) is 0 Å². The fourth-order valence-electron chi connectivity index (χ4n) is 3.51. The molecule has 0 aromatic carbocycles. The largest absolute Gasteiger partial charge is 0.357 e. The van der Waals surface area contributed by atoms with Crippen LogP contribution in [0.4, 0.5) is 0 Å². The average molecular weight is 327 g/mol. The molecule has 2 atom stereocenters. The first-order chi connectivity index (χ1) is 10.7. The molecule has 1 heterocycles. The Balaban J connectivity index is 1.72. The Bertz CT molecular complexity index is 340. The van der Waals surface area contributed by atoms with Crippen LogP contribution in [-0.4, -0.2) is 61.6 Å². The molecule has 0 aromatic rings. The van der Waals surface area contributed by atoms with Gasteiger partial charge in [0.15, 0.2) is 5.96 Å². The highest BCUT2D eigenvalue weighted by molar-refractivity contribution is 7.99. The summed E-state index contributed by atoms with van der Waals surface area (Å²) >= 11 is 2.01. The molecular weight excluding hydrogens is 292 g/mol. The van der Waals surface area contributed by atoms with Gasteiger partial charge in [-0.15, -0.1) is 0 Å². The zero-order valence-corrected chi connectivity index (χ0v) is 15.4. The van der Waals surface area contributed by atoms with Crippen molar-refractivity contribution >= 4 is 17.7 Å².